The third-order valence-corrected chi connectivity index (χ3v) is 5.13. The van der Waals surface area contributed by atoms with Gasteiger partial charge in [0.1, 0.15) is 0 Å². The van der Waals surface area contributed by atoms with Crippen LogP contribution in [0.2, 0.25) is 0 Å². The minimum atomic E-state index is -4.15. The highest BCUT2D eigenvalue weighted by Crippen LogP contribution is 2.22. The van der Waals surface area contributed by atoms with Gasteiger partial charge in [-0.15, -0.1) is 0 Å². The van der Waals surface area contributed by atoms with Gasteiger partial charge in [0, 0.05) is 46.3 Å². The van der Waals surface area contributed by atoms with Crippen LogP contribution in [0.3, 0.4) is 0 Å². The molecular weight excluding hydrogens is 375 g/mol. The van der Waals surface area contributed by atoms with Gasteiger partial charge in [-0.25, -0.2) is 0 Å². The lowest BCUT2D eigenvalue weighted by atomic mass is 10.1. The summed E-state index contributed by atoms with van der Waals surface area (Å²) in [6, 6.07) is 3.34. The Bertz CT molecular complexity index is 669. The third kappa shape index (κ3) is 5.40. The third-order valence-electron chi connectivity index (χ3n) is 5.13. The van der Waals surface area contributed by atoms with Crippen LogP contribution in [-0.2, 0) is 0 Å². The summed E-state index contributed by atoms with van der Waals surface area (Å²) >= 11 is 0. The molecule has 7 nitrogen and oxygen atoms in total. The van der Waals surface area contributed by atoms with Gasteiger partial charge in [0.2, 0.25) is 0 Å². The minimum Gasteiger partial charge on any atom is -0.459 e. The average Bonchev–Trinajstić information content (AvgIpc) is 3.33. The van der Waals surface area contributed by atoms with Crippen LogP contribution in [0.15, 0.2) is 27.8 Å². The lowest BCUT2D eigenvalue weighted by Crippen LogP contribution is -2.54. The van der Waals surface area contributed by atoms with Crippen LogP contribution in [0.1, 0.15) is 17.0 Å². The maximum Gasteiger partial charge on any atom is 0.401 e. The molecule has 1 atom stereocenters. The summed E-state index contributed by atoms with van der Waals surface area (Å²) in [4.78, 5) is 21.9. The molecule has 1 aromatic rings. The molecule has 1 N–H and O–H groups in total. The summed E-state index contributed by atoms with van der Waals surface area (Å²) in [5.41, 5.74) is 0. The number of amides is 1. The van der Waals surface area contributed by atoms with Crippen LogP contribution >= 0.6 is 0 Å². The Hall–Kier alpha value is -2.23. The molecule has 3 rings (SSSR count). The quantitative estimate of drug-likeness (QED) is 0.612. The zero-order chi connectivity index (χ0) is 20.1. The van der Waals surface area contributed by atoms with Gasteiger partial charge < -0.3 is 19.5 Å². The van der Waals surface area contributed by atoms with E-state index >= 15 is 0 Å². The molecule has 0 spiro atoms. The van der Waals surface area contributed by atoms with Crippen LogP contribution in [0.5, 0.6) is 0 Å². The second kappa shape index (κ2) is 8.85. The largest absolute Gasteiger partial charge is 0.459 e. The Balaban J connectivity index is 1.42. The molecule has 2 aliphatic rings. The van der Waals surface area contributed by atoms with Crippen molar-refractivity contribution in [3.8, 4) is 0 Å². The van der Waals surface area contributed by atoms with E-state index in [9.17, 15) is 18.0 Å². The molecule has 0 bridgehead atoms. The van der Waals surface area contributed by atoms with E-state index in [1.165, 1.54) is 11.2 Å². The second-order valence-corrected chi connectivity index (χ2v) is 7.19. The molecule has 2 fully saturated rings. The average molecular weight is 401 g/mol. The first kappa shape index (κ1) is 20.5. The van der Waals surface area contributed by atoms with Crippen LogP contribution in [0.25, 0.3) is 0 Å². The van der Waals surface area contributed by atoms with Gasteiger partial charge in [-0.1, -0.05) is 0 Å². The number of carbonyl (C=O) groups excluding carboxylic acids is 1. The van der Waals surface area contributed by atoms with Crippen molar-refractivity contribution < 1.29 is 22.4 Å². The highest BCUT2D eigenvalue weighted by Gasteiger charge is 2.34. The molecule has 10 heteroatoms. The number of hydrogen-bond acceptors (Lipinski definition) is 4. The first-order valence-corrected chi connectivity index (χ1v) is 9.43. The lowest BCUT2D eigenvalue weighted by Gasteiger charge is -2.36. The number of nitrogens with one attached hydrogen (secondary N) is 1. The molecule has 28 heavy (non-hydrogen) atoms. The summed E-state index contributed by atoms with van der Waals surface area (Å²) in [7, 11) is 1.69. The van der Waals surface area contributed by atoms with Gasteiger partial charge in [0.15, 0.2) is 11.7 Å². The van der Waals surface area contributed by atoms with Crippen molar-refractivity contribution in [2.75, 3.05) is 59.4 Å². The number of halogens is 3. The summed E-state index contributed by atoms with van der Waals surface area (Å²) < 4.78 is 42.7. The van der Waals surface area contributed by atoms with Gasteiger partial charge in [0.05, 0.1) is 12.8 Å². The molecule has 0 radical (unpaired) electrons. The number of guanidine groups is 1. The van der Waals surface area contributed by atoms with Crippen molar-refractivity contribution in [1.29, 1.82) is 0 Å². The monoisotopic (exact) mass is 401 g/mol. The van der Waals surface area contributed by atoms with Crippen LogP contribution < -0.4 is 5.32 Å². The minimum absolute atomic E-state index is 0.122. The number of alkyl halides is 3. The maximum atomic E-state index is 12.5. The molecular formula is C18H26F3N5O2. The fourth-order valence-corrected chi connectivity index (χ4v) is 3.72. The maximum absolute atomic E-state index is 12.5. The molecule has 156 valence electrons. The second-order valence-electron chi connectivity index (χ2n) is 7.19. The predicted molar refractivity (Wildman–Crippen MR) is 98.1 cm³/mol. The molecule has 0 aliphatic carbocycles. The highest BCUT2D eigenvalue weighted by atomic mass is 19.4. The fourth-order valence-electron chi connectivity index (χ4n) is 3.72. The molecule has 2 saturated heterocycles. The van der Waals surface area contributed by atoms with E-state index in [-0.39, 0.29) is 11.8 Å². The van der Waals surface area contributed by atoms with Gasteiger partial charge in [-0.05, 0) is 31.0 Å². The molecule has 1 unspecified atom stereocenters. The van der Waals surface area contributed by atoms with Crippen molar-refractivity contribution in [3.63, 3.8) is 0 Å². The number of aliphatic imine (C=N–C) groups is 1. The van der Waals surface area contributed by atoms with Crippen LogP contribution in [-0.4, -0.2) is 92.1 Å². The molecule has 3 heterocycles. The van der Waals surface area contributed by atoms with Crippen LogP contribution in [0.4, 0.5) is 13.2 Å². The molecule has 1 amide bonds. The van der Waals surface area contributed by atoms with Crippen molar-refractivity contribution in [2.24, 2.45) is 10.9 Å². The summed E-state index contributed by atoms with van der Waals surface area (Å²) in [5.74, 6) is 1.10. The highest BCUT2D eigenvalue weighted by molar-refractivity contribution is 5.91. The van der Waals surface area contributed by atoms with E-state index in [0.29, 0.717) is 51.6 Å². The van der Waals surface area contributed by atoms with Crippen molar-refractivity contribution >= 4 is 11.9 Å². The van der Waals surface area contributed by atoms with Gasteiger partial charge >= 0.3 is 6.18 Å². The molecule has 1 aromatic heterocycles. The predicted octanol–water partition coefficient (Wildman–Crippen LogP) is 1.50. The molecule has 0 saturated carbocycles. The van der Waals surface area contributed by atoms with E-state index in [0.717, 1.165) is 12.4 Å². The Labute approximate surface area is 162 Å². The Morgan fingerprint density at radius 3 is 2.57 bits per heavy atom. The van der Waals surface area contributed by atoms with Gasteiger partial charge in [-0.3, -0.25) is 14.7 Å². The van der Waals surface area contributed by atoms with E-state index in [1.807, 2.05) is 0 Å². The zero-order valence-electron chi connectivity index (χ0n) is 15.9. The SMILES string of the molecule is CN=C(NCC1CCN(CC(F)(F)F)C1)N1CCN(C(=O)c2ccco2)CC1. The number of likely N-dealkylation sites (tertiary alicyclic amines) is 1. The Morgan fingerprint density at radius 2 is 1.96 bits per heavy atom. The number of rotatable bonds is 4. The van der Waals surface area contributed by atoms with Gasteiger partial charge in [0.25, 0.3) is 5.91 Å². The first-order valence-electron chi connectivity index (χ1n) is 9.43. The standard InChI is InChI=1S/C18H26F3N5O2/c1-22-17(23-11-14-4-5-24(12-14)13-18(19,20)21)26-8-6-25(7-9-26)16(27)15-3-2-10-28-15/h2-3,10,14H,4-9,11-13H2,1H3,(H,22,23). The fraction of sp³-hybridized carbons (Fsp3) is 0.667. The summed E-state index contributed by atoms with van der Waals surface area (Å²) in [5, 5.41) is 3.28. The van der Waals surface area contributed by atoms with E-state index in [2.05, 4.69) is 15.2 Å². The topological polar surface area (TPSA) is 64.3 Å². The lowest BCUT2D eigenvalue weighted by molar-refractivity contribution is -0.143. The normalized spacial score (nSPS) is 22.0. The number of nitrogens with zero attached hydrogens (tertiary/aromatic N) is 4. The smallest absolute Gasteiger partial charge is 0.401 e. The van der Waals surface area contributed by atoms with Crippen molar-refractivity contribution in [2.45, 2.75) is 12.6 Å². The van der Waals surface area contributed by atoms with E-state index in [4.69, 9.17) is 4.42 Å². The number of furan rings is 1. The summed E-state index contributed by atoms with van der Waals surface area (Å²) in [6.45, 7) is 3.05. The van der Waals surface area contributed by atoms with Crippen LogP contribution in [0, 0.1) is 5.92 Å². The van der Waals surface area contributed by atoms with Gasteiger partial charge in [-0.2, -0.15) is 13.2 Å². The first-order chi connectivity index (χ1) is 13.4. The van der Waals surface area contributed by atoms with Crippen molar-refractivity contribution in [3.05, 3.63) is 24.2 Å². The number of piperazine rings is 1. The summed E-state index contributed by atoms with van der Waals surface area (Å²) in [6.07, 6.45) is -1.93. The van der Waals surface area contributed by atoms with E-state index < -0.39 is 12.7 Å². The van der Waals surface area contributed by atoms with Crippen molar-refractivity contribution in [1.82, 2.24) is 20.0 Å². The Kier molecular flexibility index (Phi) is 6.48. The molecule has 2 aliphatic heterocycles. The zero-order valence-corrected chi connectivity index (χ0v) is 15.9. The van der Waals surface area contributed by atoms with E-state index in [1.54, 1.807) is 24.1 Å². The number of hydrogen-bond donors (Lipinski definition) is 1. The number of carbonyl (C=O) groups is 1. The molecule has 0 aromatic carbocycles. The Morgan fingerprint density at radius 1 is 1.25 bits per heavy atom.